The zero-order valence-corrected chi connectivity index (χ0v) is 11.1. The summed E-state index contributed by atoms with van der Waals surface area (Å²) in [5.41, 5.74) is 0.251. The lowest BCUT2D eigenvalue weighted by Gasteiger charge is -2.09. The number of carbonyl (C=O) groups excluding carboxylic acids is 1. The number of aliphatic carboxylic acids is 1. The highest BCUT2D eigenvalue weighted by molar-refractivity contribution is 9.10. The normalized spacial score (nSPS) is 11.1. The molecule has 0 radical (unpaired) electrons. The molecule has 2 N–H and O–H groups in total. The lowest BCUT2D eigenvalue weighted by Crippen LogP contribution is -2.09. The van der Waals surface area contributed by atoms with Crippen molar-refractivity contribution < 1.29 is 24.5 Å². The standard InChI is InChI=1S/C12H11BrO5/c1-2-18-11-4-3-7(13)5-8(11)9(14)6-10(15)12(16)17/h3-6,14H,2H2,1H3,(H,16,17)/b9-6-. The number of carbonyl (C=O) groups is 2. The summed E-state index contributed by atoms with van der Waals surface area (Å²) < 4.78 is 5.94. The number of benzene rings is 1. The molecule has 0 saturated heterocycles. The molecule has 0 atom stereocenters. The number of carboxylic acid groups (broad SMARTS) is 1. The van der Waals surface area contributed by atoms with Crippen LogP contribution < -0.4 is 4.74 Å². The molecule has 96 valence electrons. The second-order valence-corrected chi connectivity index (χ2v) is 4.19. The highest BCUT2D eigenvalue weighted by Gasteiger charge is 2.14. The summed E-state index contributed by atoms with van der Waals surface area (Å²) >= 11 is 3.22. The van der Waals surface area contributed by atoms with Gasteiger partial charge in [0.2, 0.25) is 0 Å². The van der Waals surface area contributed by atoms with Crippen molar-refractivity contribution in [3.8, 4) is 5.75 Å². The van der Waals surface area contributed by atoms with Crippen LogP contribution in [0.5, 0.6) is 5.75 Å². The van der Waals surface area contributed by atoms with Crippen LogP contribution in [0.4, 0.5) is 0 Å². The molecular weight excluding hydrogens is 304 g/mol. The van der Waals surface area contributed by atoms with Gasteiger partial charge in [0, 0.05) is 10.5 Å². The molecule has 5 nitrogen and oxygen atoms in total. The van der Waals surface area contributed by atoms with Crippen LogP contribution in [0.3, 0.4) is 0 Å². The van der Waals surface area contributed by atoms with Gasteiger partial charge in [0.15, 0.2) is 0 Å². The van der Waals surface area contributed by atoms with E-state index in [2.05, 4.69) is 15.9 Å². The Morgan fingerprint density at radius 3 is 2.61 bits per heavy atom. The molecule has 0 aromatic heterocycles. The predicted octanol–water partition coefficient (Wildman–Crippen LogP) is 2.40. The first-order valence-corrected chi connectivity index (χ1v) is 5.85. The highest BCUT2D eigenvalue weighted by Crippen LogP contribution is 2.28. The number of hydrogen-bond donors (Lipinski definition) is 2. The summed E-state index contributed by atoms with van der Waals surface area (Å²) in [6, 6.07) is 4.85. The van der Waals surface area contributed by atoms with E-state index in [0.29, 0.717) is 22.9 Å². The van der Waals surface area contributed by atoms with Gasteiger partial charge >= 0.3 is 5.97 Å². The van der Waals surface area contributed by atoms with E-state index in [4.69, 9.17) is 9.84 Å². The van der Waals surface area contributed by atoms with Gasteiger partial charge in [-0.2, -0.15) is 0 Å². The number of rotatable bonds is 5. The molecular formula is C12H11BrO5. The Morgan fingerprint density at radius 2 is 2.06 bits per heavy atom. The summed E-state index contributed by atoms with van der Waals surface area (Å²) in [5.74, 6) is -2.91. The van der Waals surface area contributed by atoms with Crippen LogP contribution in [-0.2, 0) is 9.59 Å². The van der Waals surface area contributed by atoms with E-state index in [9.17, 15) is 14.7 Å². The van der Waals surface area contributed by atoms with E-state index >= 15 is 0 Å². The molecule has 0 aliphatic heterocycles. The topological polar surface area (TPSA) is 83.8 Å². The second-order valence-electron chi connectivity index (χ2n) is 3.27. The third-order valence-electron chi connectivity index (χ3n) is 2.00. The minimum absolute atomic E-state index is 0.251. The Hall–Kier alpha value is -1.82. The van der Waals surface area contributed by atoms with Crippen LogP contribution in [-0.4, -0.2) is 28.6 Å². The molecule has 0 aliphatic carbocycles. The third-order valence-corrected chi connectivity index (χ3v) is 2.49. The van der Waals surface area contributed by atoms with Gasteiger partial charge in [-0.3, -0.25) is 4.79 Å². The number of aliphatic hydroxyl groups is 1. The van der Waals surface area contributed by atoms with Gasteiger partial charge in [0.25, 0.3) is 5.78 Å². The monoisotopic (exact) mass is 314 g/mol. The van der Waals surface area contributed by atoms with Crippen LogP contribution in [0.2, 0.25) is 0 Å². The number of ether oxygens (including phenoxy) is 1. The molecule has 1 aromatic rings. The summed E-state index contributed by atoms with van der Waals surface area (Å²) in [6.45, 7) is 2.16. The lowest BCUT2D eigenvalue weighted by molar-refractivity contribution is -0.146. The van der Waals surface area contributed by atoms with Crippen LogP contribution in [0, 0.1) is 0 Å². The van der Waals surface area contributed by atoms with Crippen LogP contribution >= 0.6 is 15.9 Å². The number of aliphatic hydroxyl groups excluding tert-OH is 1. The number of hydrogen-bond acceptors (Lipinski definition) is 4. The third kappa shape index (κ3) is 3.59. The molecule has 0 saturated carbocycles. The molecule has 0 spiro atoms. The van der Waals surface area contributed by atoms with Gasteiger partial charge < -0.3 is 14.9 Å². The van der Waals surface area contributed by atoms with Crippen molar-refractivity contribution >= 4 is 33.4 Å². The van der Waals surface area contributed by atoms with E-state index in [1.54, 1.807) is 19.1 Å². The second kappa shape index (κ2) is 6.20. The summed E-state index contributed by atoms with van der Waals surface area (Å²) in [4.78, 5) is 21.4. The van der Waals surface area contributed by atoms with Gasteiger partial charge in [-0.15, -0.1) is 0 Å². The quantitative estimate of drug-likeness (QED) is 0.495. The zero-order chi connectivity index (χ0) is 13.7. The Bertz CT molecular complexity index is 507. The molecule has 18 heavy (non-hydrogen) atoms. The molecule has 1 rings (SSSR count). The van der Waals surface area contributed by atoms with Crippen LogP contribution in [0.25, 0.3) is 5.76 Å². The minimum atomic E-state index is -1.63. The smallest absolute Gasteiger partial charge is 0.376 e. The Morgan fingerprint density at radius 1 is 1.39 bits per heavy atom. The van der Waals surface area contributed by atoms with Crippen molar-refractivity contribution in [3.63, 3.8) is 0 Å². The molecule has 0 fully saturated rings. The van der Waals surface area contributed by atoms with E-state index in [0.717, 1.165) is 0 Å². The summed E-state index contributed by atoms with van der Waals surface area (Å²) in [7, 11) is 0. The molecule has 0 bridgehead atoms. The maximum absolute atomic E-state index is 11.0. The molecule has 0 amide bonds. The van der Waals surface area contributed by atoms with Gasteiger partial charge in [-0.1, -0.05) is 15.9 Å². The molecule has 1 aromatic carbocycles. The zero-order valence-electron chi connectivity index (χ0n) is 9.51. The Labute approximate surface area is 112 Å². The van der Waals surface area contributed by atoms with E-state index in [1.807, 2.05) is 0 Å². The Balaban J connectivity index is 3.18. The average molecular weight is 315 g/mol. The Kier molecular flexibility index (Phi) is 4.91. The number of halogens is 1. The largest absolute Gasteiger partial charge is 0.507 e. The van der Waals surface area contributed by atoms with Crippen molar-refractivity contribution in [1.82, 2.24) is 0 Å². The van der Waals surface area contributed by atoms with Crippen LogP contribution in [0.15, 0.2) is 28.7 Å². The van der Waals surface area contributed by atoms with E-state index < -0.39 is 17.5 Å². The first-order chi connectivity index (χ1) is 8.45. The molecule has 0 heterocycles. The number of ketones is 1. The fourth-order valence-corrected chi connectivity index (χ4v) is 1.61. The fraction of sp³-hybridized carbons (Fsp3) is 0.167. The minimum Gasteiger partial charge on any atom is -0.507 e. The average Bonchev–Trinajstić information content (AvgIpc) is 2.31. The van der Waals surface area contributed by atoms with Crippen LogP contribution in [0.1, 0.15) is 12.5 Å². The van der Waals surface area contributed by atoms with Crippen molar-refractivity contribution in [3.05, 3.63) is 34.3 Å². The van der Waals surface area contributed by atoms with Gasteiger partial charge in [0.05, 0.1) is 12.2 Å². The number of carboxylic acids is 1. The summed E-state index contributed by atoms with van der Waals surface area (Å²) in [5, 5.41) is 18.2. The first kappa shape index (κ1) is 14.2. The van der Waals surface area contributed by atoms with Gasteiger partial charge in [-0.25, -0.2) is 4.79 Å². The maximum Gasteiger partial charge on any atom is 0.376 e. The SMILES string of the molecule is CCOc1ccc(Br)cc1/C(O)=C/C(=O)C(=O)O. The van der Waals surface area contributed by atoms with Crippen molar-refractivity contribution in [1.29, 1.82) is 0 Å². The van der Waals surface area contributed by atoms with Gasteiger partial charge in [0.1, 0.15) is 11.5 Å². The van der Waals surface area contributed by atoms with E-state index in [-0.39, 0.29) is 5.56 Å². The van der Waals surface area contributed by atoms with Crippen molar-refractivity contribution in [2.24, 2.45) is 0 Å². The maximum atomic E-state index is 11.0. The summed E-state index contributed by atoms with van der Waals surface area (Å²) in [6.07, 6.45) is 0.645. The van der Waals surface area contributed by atoms with Crippen molar-refractivity contribution in [2.45, 2.75) is 6.92 Å². The lowest BCUT2D eigenvalue weighted by atomic mass is 10.1. The van der Waals surface area contributed by atoms with E-state index in [1.165, 1.54) is 6.07 Å². The van der Waals surface area contributed by atoms with Crippen molar-refractivity contribution in [2.75, 3.05) is 6.61 Å². The first-order valence-electron chi connectivity index (χ1n) is 5.06. The fourth-order valence-electron chi connectivity index (χ4n) is 1.25. The highest BCUT2D eigenvalue weighted by atomic mass is 79.9. The van der Waals surface area contributed by atoms with Gasteiger partial charge in [-0.05, 0) is 25.1 Å². The molecule has 6 heteroatoms. The molecule has 0 aliphatic rings. The predicted molar refractivity (Wildman–Crippen MR) is 68.6 cm³/mol. The molecule has 0 unspecified atom stereocenters.